The lowest BCUT2D eigenvalue weighted by molar-refractivity contribution is 0.963. The molecule has 0 fully saturated rings. The van der Waals surface area contributed by atoms with Crippen molar-refractivity contribution in [1.82, 2.24) is 9.97 Å². The fourth-order valence-electron chi connectivity index (χ4n) is 1.75. The second-order valence-electron chi connectivity index (χ2n) is 4.62. The van der Waals surface area contributed by atoms with Crippen LogP contribution in [0.25, 0.3) is 11.4 Å². The Hall–Kier alpha value is -1.17. The first kappa shape index (κ1) is 14.2. The van der Waals surface area contributed by atoms with Crippen molar-refractivity contribution >= 4 is 28.4 Å². The van der Waals surface area contributed by atoms with E-state index in [-0.39, 0.29) is 0 Å². The second-order valence-corrected chi connectivity index (χ2v) is 5.78. The molecule has 0 spiro atoms. The fourth-order valence-corrected chi connectivity index (χ4v) is 2.20. The summed E-state index contributed by atoms with van der Waals surface area (Å²) in [4.78, 5) is 9.05. The van der Waals surface area contributed by atoms with E-state index < -0.39 is 0 Å². The van der Waals surface area contributed by atoms with Crippen LogP contribution < -0.4 is 5.32 Å². The lowest BCUT2D eigenvalue weighted by Gasteiger charge is -2.09. The molecule has 0 amide bonds. The van der Waals surface area contributed by atoms with E-state index in [1.807, 2.05) is 6.20 Å². The number of aryl methyl sites for hydroxylation is 2. The zero-order valence-corrected chi connectivity index (χ0v) is 13.7. The SMILES string of the molecule is CCCNc1nc(-c2ccc(C)c(C)c2)ncc1I. The Kier molecular flexibility index (Phi) is 4.74. The highest BCUT2D eigenvalue weighted by molar-refractivity contribution is 14.1. The molecular weight excluding hydrogens is 349 g/mol. The van der Waals surface area contributed by atoms with Gasteiger partial charge in [0.15, 0.2) is 5.82 Å². The molecule has 4 heteroatoms. The molecule has 0 saturated heterocycles. The molecule has 1 aromatic heterocycles. The third kappa shape index (κ3) is 3.43. The van der Waals surface area contributed by atoms with E-state index in [2.05, 4.69) is 76.8 Å². The molecule has 1 aromatic carbocycles. The number of nitrogens with zero attached hydrogens (tertiary/aromatic N) is 2. The Morgan fingerprint density at radius 1 is 1.21 bits per heavy atom. The summed E-state index contributed by atoms with van der Waals surface area (Å²) in [6.45, 7) is 7.30. The zero-order valence-electron chi connectivity index (χ0n) is 11.5. The largest absolute Gasteiger partial charge is 0.369 e. The maximum absolute atomic E-state index is 4.62. The molecule has 0 aliphatic carbocycles. The van der Waals surface area contributed by atoms with Gasteiger partial charge in [0.1, 0.15) is 5.82 Å². The number of anilines is 1. The van der Waals surface area contributed by atoms with Crippen molar-refractivity contribution in [1.29, 1.82) is 0 Å². The molecule has 0 unspecified atom stereocenters. The summed E-state index contributed by atoms with van der Waals surface area (Å²) in [5.41, 5.74) is 3.63. The average molecular weight is 367 g/mol. The predicted octanol–water partition coefficient (Wildman–Crippen LogP) is 4.19. The highest BCUT2D eigenvalue weighted by Gasteiger charge is 2.07. The van der Waals surface area contributed by atoms with Gasteiger partial charge in [0, 0.05) is 18.3 Å². The molecular formula is C15H18IN3. The first-order chi connectivity index (χ1) is 9.11. The Morgan fingerprint density at radius 3 is 2.68 bits per heavy atom. The smallest absolute Gasteiger partial charge is 0.161 e. The van der Waals surface area contributed by atoms with Gasteiger partial charge in [0.2, 0.25) is 0 Å². The van der Waals surface area contributed by atoms with Crippen molar-refractivity contribution in [3.8, 4) is 11.4 Å². The van der Waals surface area contributed by atoms with E-state index in [9.17, 15) is 0 Å². The van der Waals surface area contributed by atoms with Crippen LogP contribution in [-0.4, -0.2) is 16.5 Å². The summed E-state index contributed by atoms with van der Waals surface area (Å²) in [6, 6.07) is 6.33. The Bertz CT molecular complexity index is 582. The second kappa shape index (κ2) is 6.32. The molecule has 100 valence electrons. The zero-order chi connectivity index (χ0) is 13.8. The van der Waals surface area contributed by atoms with Gasteiger partial charge in [-0.1, -0.05) is 19.1 Å². The van der Waals surface area contributed by atoms with E-state index in [1.54, 1.807) is 0 Å². The summed E-state index contributed by atoms with van der Waals surface area (Å²) in [5, 5.41) is 3.34. The van der Waals surface area contributed by atoms with E-state index in [0.29, 0.717) is 0 Å². The summed E-state index contributed by atoms with van der Waals surface area (Å²) in [6.07, 6.45) is 2.95. The van der Waals surface area contributed by atoms with Crippen LogP contribution in [0.3, 0.4) is 0 Å². The highest BCUT2D eigenvalue weighted by Crippen LogP contribution is 2.22. The minimum Gasteiger partial charge on any atom is -0.369 e. The number of benzene rings is 1. The average Bonchev–Trinajstić information content (AvgIpc) is 2.41. The minimum absolute atomic E-state index is 0.780. The van der Waals surface area contributed by atoms with Crippen LogP contribution >= 0.6 is 22.6 Å². The number of nitrogens with one attached hydrogen (secondary N) is 1. The Balaban J connectivity index is 2.36. The van der Waals surface area contributed by atoms with Crippen LogP contribution in [0.4, 0.5) is 5.82 Å². The van der Waals surface area contributed by atoms with Crippen molar-refractivity contribution < 1.29 is 0 Å². The van der Waals surface area contributed by atoms with Gasteiger partial charge in [0.25, 0.3) is 0 Å². The fraction of sp³-hybridized carbons (Fsp3) is 0.333. The molecule has 0 radical (unpaired) electrons. The van der Waals surface area contributed by atoms with E-state index >= 15 is 0 Å². The quantitative estimate of drug-likeness (QED) is 0.824. The van der Waals surface area contributed by atoms with E-state index in [0.717, 1.165) is 33.7 Å². The van der Waals surface area contributed by atoms with Crippen molar-refractivity contribution in [3.63, 3.8) is 0 Å². The van der Waals surface area contributed by atoms with Crippen molar-refractivity contribution in [2.24, 2.45) is 0 Å². The van der Waals surface area contributed by atoms with Crippen LogP contribution in [0.15, 0.2) is 24.4 Å². The van der Waals surface area contributed by atoms with Crippen molar-refractivity contribution in [2.45, 2.75) is 27.2 Å². The minimum atomic E-state index is 0.780. The number of hydrogen-bond acceptors (Lipinski definition) is 3. The number of hydrogen-bond donors (Lipinski definition) is 1. The van der Waals surface area contributed by atoms with Gasteiger partial charge in [-0.25, -0.2) is 9.97 Å². The highest BCUT2D eigenvalue weighted by atomic mass is 127. The van der Waals surface area contributed by atoms with Crippen LogP contribution in [0.2, 0.25) is 0 Å². The molecule has 0 saturated carbocycles. The molecule has 0 atom stereocenters. The summed E-state index contributed by atoms with van der Waals surface area (Å²) >= 11 is 2.26. The first-order valence-electron chi connectivity index (χ1n) is 6.46. The number of halogens is 1. The molecule has 2 rings (SSSR count). The summed E-state index contributed by atoms with van der Waals surface area (Å²) in [5.74, 6) is 1.70. The molecule has 2 aromatic rings. The predicted molar refractivity (Wildman–Crippen MR) is 88.4 cm³/mol. The first-order valence-corrected chi connectivity index (χ1v) is 7.53. The van der Waals surface area contributed by atoms with Crippen molar-refractivity contribution in [3.05, 3.63) is 39.1 Å². The summed E-state index contributed by atoms with van der Waals surface area (Å²) in [7, 11) is 0. The molecule has 3 nitrogen and oxygen atoms in total. The van der Waals surface area contributed by atoms with Gasteiger partial charge in [-0.3, -0.25) is 0 Å². The Morgan fingerprint density at radius 2 is 2.00 bits per heavy atom. The molecule has 19 heavy (non-hydrogen) atoms. The third-order valence-corrected chi connectivity index (χ3v) is 3.84. The number of rotatable bonds is 4. The molecule has 0 aliphatic rings. The maximum Gasteiger partial charge on any atom is 0.161 e. The lowest BCUT2D eigenvalue weighted by Crippen LogP contribution is -2.05. The standard InChI is InChI=1S/C15H18IN3/c1-4-7-17-15-13(16)9-18-14(19-15)12-6-5-10(2)11(3)8-12/h5-6,8-9H,4,7H2,1-3H3,(H,17,18,19). The Labute approximate surface area is 128 Å². The van der Waals surface area contributed by atoms with Gasteiger partial charge in [-0.05, 0) is 60.1 Å². The van der Waals surface area contributed by atoms with Gasteiger partial charge < -0.3 is 5.32 Å². The molecule has 0 bridgehead atoms. The molecule has 0 aliphatic heterocycles. The maximum atomic E-state index is 4.62. The topological polar surface area (TPSA) is 37.8 Å². The lowest BCUT2D eigenvalue weighted by atomic mass is 10.1. The van der Waals surface area contributed by atoms with Crippen LogP contribution in [-0.2, 0) is 0 Å². The van der Waals surface area contributed by atoms with Crippen LogP contribution in [0.1, 0.15) is 24.5 Å². The normalized spacial score (nSPS) is 10.5. The van der Waals surface area contributed by atoms with Crippen LogP contribution in [0, 0.1) is 17.4 Å². The van der Waals surface area contributed by atoms with E-state index in [1.165, 1.54) is 11.1 Å². The third-order valence-electron chi connectivity index (χ3n) is 3.05. The number of aromatic nitrogens is 2. The van der Waals surface area contributed by atoms with Gasteiger partial charge in [-0.15, -0.1) is 0 Å². The van der Waals surface area contributed by atoms with Gasteiger partial charge in [-0.2, -0.15) is 0 Å². The van der Waals surface area contributed by atoms with Gasteiger partial charge >= 0.3 is 0 Å². The molecule has 1 N–H and O–H groups in total. The van der Waals surface area contributed by atoms with Crippen LogP contribution in [0.5, 0.6) is 0 Å². The monoisotopic (exact) mass is 367 g/mol. The van der Waals surface area contributed by atoms with Gasteiger partial charge in [0.05, 0.1) is 3.57 Å². The molecule has 1 heterocycles. The summed E-state index contributed by atoms with van der Waals surface area (Å²) < 4.78 is 1.05. The van der Waals surface area contributed by atoms with E-state index in [4.69, 9.17) is 0 Å². The van der Waals surface area contributed by atoms with Crippen molar-refractivity contribution in [2.75, 3.05) is 11.9 Å².